The van der Waals surface area contributed by atoms with Gasteiger partial charge in [0.15, 0.2) is 11.5 Å². The van der Waals surface area contributed by atoms with E-state index >= 15 is 0 Å². The van der Waals surface area contributed by atoms with Gasteiger partial charge < -0.3 is 14.6 Å². The Morgan fingerprint density at radius 3 is 2.52 bits per heavy atom. The lowest BCUT2D eigenvalue weighted by Crippen LogP contribution is -2.24. The van der Waals surface area contributed by atoms with E-state index in [1.54, 1.807) is 43.3 Å². The molecule has 1 aliphatic heterocycles. The molecule has 1 heterocycles. The molecular weight excluding hydrogens is 266 g/mol. The van der Waals surface area contributed by atoms with Crippen molar-refractivity contribution < 1.29 is 14.6 Å². The van der Waals surface area contributed by atoms with Gasteiger partial charge in [0.05, 0.1) is 11.6 Å². The summed E-state index contributed by atoms with van der Waals surface area (Å²) in [6, 6.07) is 14.5. The summed E-state index contributed by atoms with van der Waals surface area (Å²) < 4.78 is 11.0. The van der Waals surface area contributed by atoms with Crippen LogP contribution in [0.3, 0.4) is 0 Å². The highest BCUT2D eigenvalue weighted by Gasteiger charge is 2.27. The van der Waals surface area contributed by atoms with Crippen molar-refractivity contribution in [1.29, 1.82) is 5.26 Å². The van der Waals surface area contributed by atoms with Crippen LogP contribution in [-0.2, 0) is 5.60 Å². The molecule has 0 bridgehead atoms. The fourth-order valence-corrected chi connectivity index (χ4v) is 2.40. The third kappa shape index (κ3) is 2.44. The zero-order chi connectivity index (χ0) is 14.9. The van der Waals surface area contributed by atoms with Crippen LogP contribution in [0.15, 0.2) is 42.5 Å². The van der Waals surface area contributed by atoms with Crippen molar-refractivity contribution in [1.82, 2.24) is 0 Å². The standard InChI is InChI=1S/C17H15NO3/c1-17(19,13-4-2-3-12(9-13)11-18)14-5-6-15-16(10-14)21-8-7-20-15/h2-6,9-10,19H,7-8H2,1H3. The Bertz CT molecular complexity index is 716. The number of hydrogen-bond donors (Lipinski definition) is 1. The van der Waals surface area contributed by atoms with Crippen LogP contribution in [0, 0.1) is 11.3 Å². The van der Waals surface area contributed by atoms with Gasteiger partial charge in [0.25, 0.3) is 0 Å². The van der Waals surface area contributed by atoms with Crippen molar-refractivity contribution in [3.8, 4) is 17.6 Å². The Balaban J connectivity index is 2.03. The Morgan fingerprint density at radius 2 is 1.76 bits per heavy atom. The first-order valence-electron chi connectivity index (χ1n) is 6.74. The van der Waals surface area contributed by atoms with Gasteiger partial charge in [-0.2, -0.15) is 5.26 Å². The normalized spacial score (nSPS) is 15.9. The van der Waals surface area contributed by atoms with E-state index in [2.05, 4.69) is 6.07 Å². The lowest BCUT2D eigenvalue weighted by Gasteiger charge is -2.27. The van der Waals surface area contributed by atoms with E-state index in [1.165, 1.54) is 0 Å². The summed E-state index contributed by atoms with van der Waals surface area (Å²) in [6.45, 7) is 2.74. The SMILES string of the molecule is CC(O)(c1cccc(C#N)c1)c1ccc2c(c1)OCCO2. The maximum atomic E-state index is 10.9. The Kier molecular flexibility index (Phi) is 3.28. The average molecular weight is 281 g/mol. The third-order valence-electron chi connectivity index (χ3n) is 3.66. The maximum Gasteiger partial charge on any atom is 0.161 e. The average Bonchev–Trinajstić information content (AvgIpc) is 2.54. The monoisotopic (exact) mass is 281 g/mol. The highest BCUT2D eigenvalue weighted by Crippen LogP contribution is 2.37. The molecule has 1 atom stereocenters. The summed E-state index contributed by atoms with van der Waals surface area (Å²) in [5.74, 6) is 1.32. The molecule has 1 N–H and O–H groups in total. The van der Waals surface area contributed by atoms with Crippen LogP contribution in [0.1, 0.15) is 23.6 Å². The third-order valence-corrected chi connectivity index (χ3v) is 3.66. The Morgan fingerprint density at radius 1 is 1.05 bits per heavy atom. The second-order valence-electron chi connectivity index (χ2n) is 5.12. The summed E-state index contributed by atoms with van der Waals surface area (Å²) in [7, 11) is 0. The van der Waals surface area contributed by atoms with Gasteiger partial charge in [-0.15, -0.1) is 0 Å². The number of rotatable bonds is 2. The first-order valence-corrected chi connectivity index (χ1v) is 6.74. The van der Waals surface area contributed by atoms with E-state index in [1.807, 2.05) is 6.07 Å². The molecule has 21 heavy (non-hydrogen) atoms. The molecule has 1 unspecified atom stereocenters. The van der Waals surface area contributed by atoms with Crippen LogP contribution in [0.5, 0.6) is 11.5 Å². The number of ether oxygens (including phenoxy) is 2. The summed E-state index contributed by atoms with van der Waals surface area (Å²) in [4.78, 5) is 0. The first-order chi connectivity index (χ1) is 10.1. The maximum absolute atomic E-state index is 10.9. The lowest BCUT2D eigenvalue weighted by atomic mass is 9.87. The molecule has 0 aromatic heterocycles. The molecule has 0 radical (unpaired) electrons. The van der Waals surface area contributed by atoms with Crippen molar-refractivity contribution in [3.63, 3.8) is 0 Å². The first kappa shape index (κ1) is 13.5. The molecule has 2 aromatic rings. The van der Waals surface area contributed by atoms with Crippen molar-refractivity contribution in [3.05, 3.63) is 59.2 Å². The van der Waals surface area contributed by atoms with Crippen molar-refractivity contribution >= 4 is 0 Å². The lowest BCUT2D eigenvalue weighted by molar-refractivity contribution is 0.101. The molecule has 2 aromatic carbocycles. The Hall–Kier alpha value is -2.51. The van der Waals surface area contributed by atoms with Gasteiger partial charge in [0.2, 0.25) is 0 Å². The van der Waals surface area contributed by atoms with E-state index in [9.17, 15) is 5.11 Å². The zero-order valence-corrected chi connectivity index (χ0v) is 11.7. The van der Waals surface area contributed by atoms with E-state index < -0.39 is 5.60 Å². The van der Waals surface area contributed by atoms with Gasteiger partial charge in [-0.1, -0.05) is 18.2 Å². The zero-order valence-electron chi connectivity index (χ0n) is 11.7. The smallest absolute Gasteiger partial charge is 0.161 e. The van der Waals surface area contributed by atoms with Crippen LogP contribution in [0.25, 0.3) is 0 Å². The minimum Gasteiger partial charge on any atom is -0.486 e. The summed E-state index contributed by atoms with van der Waals surface area (Å²) >= 11 is 0. The second-order valence-corrected chi connectivity index (χ2v) is 5.12. The molecule has 0 saturated heterocycles. The fourth-order valence-electron chi connectivity index (χ4n) is 2.40. The van der Waals surface area contributed by atoms with Crippen molar-refractivity contribution in [2.45, 2.75) is 12.5 Å². The van der Waals surface area contributed by atoms with E-state index in [-0.39, 0.29) is 0 Å². The Labute approximate surface area is 123 Å². The predicted octanol–water partition coefficient (Wildman–Crippen LogP) is 2.59. The quantitative estimate of drug-likeness (QED) is 0.919. The molecule has 0 saturated carbocycles. The van der Waals surface area contributed by atoms with Crippen molar-refractivity contribution in [2.24, 2.45) is 0 Å². The highest BCUT2D eigenvalue weighted by atomic mass is 16.6. The molecule has 3 rings (SSSR count). The largest absolute Gasteiger partial charge is 0.486 e. The summed E-state index contributed by atoms with van der Waals surface area (Å²) in [5, 5.41) is 19.9. The fraction of sp³-hybridized carbons (Fsp3) is 0.235. The predicted molar refractivity (Wildman–Crippen MR) is 77.3 cm³/mol. The van der Waals surface area contributed by atoms with E-state index in [4.69, 9.17) is 14.7 Å². The molecule has 106 valence electrons. The molecule has 4 nitrogen and oxygen atoms in total. The van der Waals surface area contributed by atoms with Crippen LogP contribution >= 0.6 is 0 Å². The van der Waals surface area contributed by atoms with Crippen molar-refractivity contribution in [2.75, 3.05) is 13.2 Å². The number of nitrogens with zero attached hydrogens (tertiary/aromatic N) is 1. The number of nitriles is 1. The molecule has 0 fully saturated rings. The molecule has 0 amide bonds. The molecular formula is C17H15NO3. The molecule has 0 spiro atoms. The van der Waals surface area contributed by atoms with Gasteiger partial charge in [-0.25, -0.2) is 0 Å². The minimum absolute atomic E-state index is 0.502. The number of aliphatic hydroxyl groups is 1. The van der Waals surface area contributed by atoms with Crippen LogP contribution in [-0.4, -0.2) is 18.3 Å². The summed E-state index contributed by atoms with van der Waals surface area (Å²) in [5.41, 5.74) is 0.674. The number of fused-ring (bicyclic) bond motifs is 1. The van der Waals surface area contributed by atoms with E-state index in [0.717, 1.165) is 0 Å². The minimum atomic E-state index is -1.21. The summed E-state index contributed by atoms with van der Waals surface area (Å²) in [6.07, 6.45) is 0. The van der Waals surface area contributed by atoms with Gasteiger partial charge in [0, 0.05) is 0 Å². The number of hydrogen-bond acceptors (Lipinski definition) is 4. The van der Waals surface area contributed by atoms with Crippen LogP contribution < -0.4 is 9.47 Å². The molecule has 0 aliphatic carbocycles. The van der Waals surface area contributed by atoms with Gasteiger partial charge in [0.1, 0.15) is 18.8 Å². The number of benzene rings is 2. The van der Waals surface area contributed by atoms with Gasteiger partial charge in [-0.05, 0) is 42.3 Å². The molecule has 1 aliphatic rings. The van der Waals surface area contributed by atoms with Crippen LogP contribution in [0.2, 0.25) is 0 Å². The van der Waals surface area contributed by atoms with E-state index in [0.29, 0.717) is 41.4 Å². The van der Waals surface area contributed by atoms with Gasteiger partial charge in [-0.3, -0.25) is 0 Å². The van der Waals surface area contributed by atoms with Crippen LogP contribution in [0.4, 0.5) is 0 Å². The highest BCUT2D eigenvalue weighted by molar-refractivity contribution is 5.48. The topological polar surface area (TPSA) is 62.5 Å². The second kappa shape index (κ2) is 5.12. The molecule has 4 heteroatoms. The van der Waals surface area contributed by atoms with Gasteiger partial charge >= 0.3 is 0 Å².